The Morgan fingerprint density at radius 3 is 2.23 bits per heavy atom. The smallest absolute Gasteiger partial charge is 0.260 e. The summed E-state index contributed by atoms with van der Waals surface area (Å²) in [6, 6.07) is 3.31. The fourth-order valence-electron chi connectivity index (χ4n) is 2.62. The van der Waals surface area contributed by atoms with Crippen LogP contribution in [-0.2, 0) is 6.54 Å². The zero-order valence-corrected chi connectivity index (χ0v) is 16.6. The number of amides is 1. The molecule has 0 fully saturated rings. The monoisotopic (exact) mass is 381 g/mol. The Labute approximate surface area is 158 Å². The summed E-state index contributed by atoms with van der Waals surface area (Å²) in [7, 11) is 4.55. The molecule has 0 aliphatic rings. The molecule has 8 heteroatoms. The molecule has 2 aromatic rings. The summed E-state index contributed by atoms with van der Waals surface area (Å²) < 4.78 is 17.5. The molecule has 0 aliphatic carbocycles. The van der Waals surface area contributed by atoms with Crippen LogP contribution in [0.5, 0.6) is 17.2 Å². The molecule has 7 nitrogen and oxygen atoms in total. The van der Waals surface area contributed by atoms with Gasteiger partial charge < -0.3 is 19.5 Å². The number of ether oxygens (including phenoxy) is 3. The van der Waals surface area contributed by atoms with Crippen LogP contribution < -0.4 is 19.5 Å². The summed E-state index contributed by atoms with van der Waals surface area (Å²) in [5, 5.41) is 7.50. The number of methoxy groups -OCH3 is 3. The molecule has 1 N–H and O–H groups in total. The van der Waals surface area contributed by atoms with E-state index in [1.807, 2.05) is 0 Å². The minimum Gasteiger partial charge on any atom is -0.493 e. The first kappa shape index (κ1) is 19.9. The SMILES string of the molecule is COc1cc(NC(=O)c2c(C)nn(CC(C)C)c2Cl)cc(OC)c1OC. The van der Waals surface area contributed by atoms with Crippen molar-refractivity contribution in [3.05, 3.63) is 28.5 Å². The molecule has 1 amide bonds. The van der Waals surface area contributed by atoms with Crippen molar-refractivity contribution in [2.75, 3.05) is 26.6 Å². The molecule has 142 valence electrons. The summed E-state index contributed by atoms with van der Waals surface area (Å²) in [6.07, 6.45) is 0. The predicted molar refractivity (Wildman–Crippen MR) is 101 cm³/mol. The summed E-state index contributed by atoms with van der Waals surface area (Å²) in [4.78, 5) is 12.7. The fourth-order valence-corrected chi connectivity index (χ4v) is 2.95. The highest BCUT2D eigenvalue weighted by Crippen LogP contribution is 2.40. The molecule has 0 aliphatic heterocycles. The topological polar surface area (TPSA) is 74.6 Å². The van der Waals surface area contributed by atoms with Crippen molar-refractivity contribution in [1.82, 2.24) is 9.78 Å². The second-order valence-electron chi connectivity index (χ2n) is 6.20. The number of aromatic nitrogens is 2. The Morgan fingerprint density at radius 1 is 1.19 bits per heavy atom. The summed E-state index contributed by atoms with van der Waals surface area (Å²) in [5.41, 5.74) is 1.42. The van der Waals surface area contributed by atoms with Gasteiger partial charge in [0.05, 0.1) is 32.6 Å². The molecular formula is C18H24ClN3O4. The van der Waals surface area contributed by atoms with Gasteiger partial charge in [-0.2, -0.15) is 5.10 Å². The number of rotatable bonds is 7. The van der Waals surface area contributed by atoms with Crippen molar-refractivity contribution >= 4 is 23.2 Å². The average molecular weight is 382 g/mol. The fraction of sp³-hybridized carbons (Fsp3) is 0.444. The van der Waals surface area contributed by atoms with Crippen LogP contribution in [0.3, 0.4) is 0 Å². The first-order valence-corrected chi connectivity index (χ1v) is 8.54. The van der Waals surface area contributed by atoms with Crippen LogP contribution >= 0.6 is 11.6 Å². The van der Waals surface area contributed by atoms with Gasteiger partial charge >= 0.3 is 0 Å². The van der Waals surface area contributed by atoms with E-state index in [0.717, 1.165) is 0 Å². The summed E-state index contributed by atoms with van der Waals surface area (Å²) >= 11 is 6.37. The van der Waals surface area contributed by atoms with E-state index in [1.165, 1.54) is 21.3 Å². The lowest BCUT2D eigenvalue weighted by atomic mass is 10.2. The third kappa shape index (κ3) is 4.04. The Kier molecular flexibility index (Phi) is 6.37. The normalized spacial score (nSPS) is 10.8. The lowest BCUT2D eigenvalue weighted by Crippen LogP contribution is -2.14. The van der Waals surface area contributed by atoms with Crippen LogP contribution in [0.15, 0.2) is 12.1 Å². The van der Waals surface area contributed by atoms with E-state index in [-0.39, 0.29) is 5.91 Å². The average Bonchev–Trinajstić information content (AvgIpc) is 2.86. The van der Waals surface area contributed by atoms with Crippen molar-refractivity contribution in [3.63, 3.8) is 0 Å². The molecule has 1 aromatic heterocycles. The molecule has 0 unspecified atom stereocenters. The molecule has 0 bridgehead atoms. The van der Waals surface area contributed by atoms with E-state index in [1.54, 1.807) is 23.7 Å². The summed E-state index contributed by atoms with van der Waals surface area (Å²) in [6.45, 7) is 6.51. The molecule has 2 rings (SSSR count). The van der Waals surface area contributed by atoms with Gasteiger partial charge in [-0.05, 0) is 12.8 Å². The highest BCUT2D eigenvalue weighted by molar-refractivity contribution is 6.33. The highest BCUT2D eigenvalue weighted by Gasteiger charge is 2.22. The van der Waals surface area contributed by atoms with Gasteiger partial charge in [0.1, 0.15) is 5.15 Å². The second-order valence-corrected chi connectivity index (χ2v) is 6.55. The number of carbonyl (C=O) groups excluding carboxylic acids is 1. The van der Waals surface area contributed by atoms with Crippen molar-refractivity contribution in [1.29, 1.82) is 0 Å². The van der Waals surface area contributed by atoms with Crippen LogP contribution in [0.2, 0.25) is 5.15 Å². The van der Waals surface area contributed by atoms with Gasteiger partial charge in [0.25, 0.3) is 5.91 Å². The molecular weight excluding hydrogens is 358 g/mol. The number of carbonyl (C=O) groups is 1. The van der Waals surface area contributed by atoms with Gasteiger partial charge in [0.15, 0.2) is 11.5 Å². The molecule has 0 atom stereocenters. The van der Waals surface area contributed by atoms with E-state index in [2.05, 4.69) is 24.3 Å². The molecule has 0 saturated heterocycles. The zero-order chi connectivity index (χ0) is 19.4. The largest absolute Gasteiger partial charge is 0.493 e. The maximum absolute atomic E-state index is 12.7. The van der Waals surface area contributed by atoms with Crippen LogP contribution in [0.25, 0.3) is 0 Å². The Hall–Kier alpha value is -2.41. The number of aryl methyl sites for hydroxylation is 1. The van der Waals surface area contributed by atoms with Crippen molar-refractivity contribution < 1.29 is 19.0 Å². The number of hydrogen-bond acceptors (Lipinski definition) is 5. The maximum atomic E-state index is 12.7. The van der Waals surface area contributed by atoms with Gasteiger partial charge in [-0.25, -0.2) is 0 Å². The minimum atomic E-state index is -0.350. The Morgan fingerprint density at radius 2 is 1.77 bits per heavy atom. The van der Waals surface area contributed by atoms with Crippen molar-refractivity contribution in [2.45, 2.75) is 27.3 Å². The van der Waals surface area contributed by atoms with Crippen LogP contribution in [-0.4, -0.2) is 37.0 Å². The zero-order valence-electron chi connectivity index (χ0n) is 15.8. The van der Waals surface area contributed by atoms with Crippen molar-refractivity contribution in [3.8, 4) is 17.2 Å². The van der Waals surface area contributed by atoms with E-state index < -0.39 is 0 Å². The summed E-state index contributed by atoms with van der Waals surface area (Å²) in [5.74, 6) is 1.35. The standard InChI is InChI=1S/C18H24ClN3O4/c1-10(2)9-22-17(19)15(11(3)21-22)18(23)20-12-7-13(24-4)16(26-6)14(8-12)25-5/h7-8,10H,9H2,1-6H3,(H,20,23). The van der Waals surface area contributed by atoms with Crippen LogP contribution in [0, 0.1) is 12.8 Å². The van der Waals surface area contributed by atoms with Gasteiger partial charge in [-0.15, -0.1) is 0 Å². The molecule has 26 heavy (non-hydrogen) atoms. The lowest BCUT2D eigenvalue weighted by molar-refractivity contribution is 0.102. The third-order valence-electron chi connectivity index (χ3n) is 3.75. The number of hydrogen-bond donors (Lipinski definition) is 1. The van der Waals surface area contributed by atoms with E-state index in [9.17, 15) is 4.79 Å². The van der Waals surface area contributed by atoms with Crippen LogP contribution in [0.4, 0.5) is 5.69 Å². The predicted octanol–water partition coefficient (Wildman–Crippen LogP) is 3.78. The van der Waals surface area contributed by atoms with Gasteiger partial charge in [-0.1, -0.05) is 25.4 Å². The minimum absolute atomic E-state index is 0.321. The first-order valence-electron chi connectivity index (χ1n) is 8.16. The first-order chi connectivity index (χ1) is 12.3. The number of anilines is 1. The number of halogens is 1. The quantitative estimate of drug-likeness (QED) is 0.790. The molecule has 0 saturated carbocycles. The lowest BCUT2D eigenvalue weighted by Gasteiger charge is -2.14. The number of benzene rings is 1. The van der Waals surface area contributed by atoms with E-state index in [4.69, 9.17) is 25.8 Å². The number of nitrogens with zero attached hydrogens (tertiary/aromatic N) is 2. The third-order valence-corrected chi connectivity index (χ3v) is 4.14. The van der Waals surface area contributed by atoms with Crippen LogP contribution in [0.1, 0.15) is 29.9 Å². The molecule has 1 aromatic carbocycles. The number of nitrogens with one attached hydrogen (secondary N) is 1. The molecule has 1 heterocycles. The van der Waals surface area contributed by atoms with Crippen molar-refractivity contribution in [2.24, 2.45) is 5.92 Å². The van der Waals surface area contributed by atoms with Gasteiger partial charge in [0, 0.05) is 24.4 Å². The maximum Gasteiger partial charge on any atom is 0.260 e. The van der Waals surface area contributed by atoms with Gasteiger partial charge in [-0.3, -0.25) is 9.48 Å². The Balaban J connectivity index is 2.35. The highest BCUT2D eigenvalue weighted by atomic mass is 35.5. The van der Waals surface area contributed by atoms with E-state index >= 15 is 0 Å². The molecule has 0 spiro atoms. The molecule has 0 radical (unpaired) electrons. The van der Waals surface area contributed by atoms with E-state index in [0.29, 0.717) is 51.8 Å². The van der Waals surface area contributed by atoms with Gasteiger partial charge in [0.2, 0.25) is 5.75 Å². The second kappa shape index (κ2) is 8.31. The Bertz CT molecular complexity index is 777.